The molecule has 0 aliphatic heterocycles. The number of hydrogen-bond acceptors (Lipinski definition) is 6. The summed E-state index contributed by atoms with van der Waals surface area (Å²) in [6.07, 6.45) is 7.48. The summed E-state index contributed by atoms with van der Waals surface area (Å²) >= 11 is 0. The fourth-order valence-corrected chi connectivity index (χ4v) is 4.02. The highest BCUT2D eigenvalue weighted by atomic mass is 16.5. The van der Waals surface area contributed by atoms with Crippen molar-refractivity contribution in [3.8, 4) is 5.75 Å². The SMILES string of the molecule is COC(=O)c1c(CC(=O)Nc2ncccc2OCC2CCCCC2)[nH]c(C(C)=O)c1C. The Bertz CT molecular complexity index is 960. The molecule has 0 saturated heterocycles. The summed E-state index contributed by atoms with van der Waals surface area (Å²) in [5.41, 5.74) is 1.29. The number of rotatable bonds is 8. The van der Waals surface area contributed by atoms with Crippen molar-refractivity contribution in [1.82, 2.24) is 9.97 Å². The standard InChI is InChI=1S/C23H29N3O5/c1-14-20(23(29)30-3)17(25-21(14)15(2)27)12-19(28)26-22-18(10-7-11-24-22)31-13-16-8-5-4-6-9-16/h7,10-11,16,25H,4-6,8-9,12-13H2,1-3H3,(H,24,26,28). The van der Waals surface area contributed by atoms with Gasteiger partial charge in [-0.3, -0.25) is 9.59 Å². The van der Waals surface area contributed by atoms with E-state index in [0.29, 0.717) is 35.3 Å². The van der Waals surface area contributed by atoms with E-state index in [4.69, 9.17) is 9.47 Å². The van der Waals surface area contributed by atoms with Gasteiger partial charge in [0.2, 0.25) is 5.91 Å². The summed E-state index contributed by atoms with van der Waals surface area (Å²) in [4.78, 5) is 43.9. The van der Waals surface area contributed by atoms with E-state index in [9.17, 15) is 14.4 Å². The summed E-state index contributed by atoms with van der Waals surface area (Å²) in [7, 11) is 1.26. The number of ketones is 1. The number of nitrogens with one attached hydrogen (secondary N) is 2. The molecule has 1 aliphatic carbocycles. The summed E-state index contributed by atoms with van der Waals surface area (Å²) in [6.45, 7) is 3.64. The first-order valence-corrected chi connectivity index (χ1v) is 10.6. The molecule has 0 aromatic carbocycles. The molecule has 31 heavy (non-hydrogen) atoms. The number of nitrogens with zero attached hydrogens (tertiary/aromatic N) is 1. The quantitative estimate of drug-likeness (QED) is 0.489. The van der Waals surface area contributed by atoms with Gasteiger partial charge < -0.3 is 19.8 Å². The summed E-state index contributed by atoms with van der Waals surface area (Å²) < 4.78 is 10.8. The van der Waals surface area contributed by atoms with Gasteiger partial charge in [-0.05, 0) is 43.4 Å². The van der Waals surface area contributed by atoms with Crippen molar-refractivity contribution in [3.63, 3.8) is 0 Å². The largest absolute Gasteiger partial charge is 0.489 e. The van der Waals surface area contributed by atoms with E-state index in [1.165, 1.54) is 33.3 Å². The van der Waals surface area contributed by atoms with E-state index < -0.39 is 5.97 Å². The third-order valence-electron chi connectivity index (χ3n) is 5.63. The predicted molar refractivity (Wildman–Crippen MR) is 116 cm³/mol. The zero-order valence-corrected chi connectivity index (χ0v) is 18.2. The number of H-pyrrole nitrogens is 1. The average molecular weight is 428 g/mol. The van der Waals surface area contributed by atoms with Crippen LogP contribution in [-0.4, -0.2) is 41.3 Å². The first-order chi connectivity index (χ1) is 14.9. The van der Waals surface area contributed by atoms with Crippen molar-refractivity contribution >= 4 is 23.5 Å². The van der Waals surface area contributed by atoms with Crippen LogP contribution in [0.25, 0.3) is 0 Å². The Morgan fingerprint density at radius 3 is 2.65 bits per heavy atom. The van der Waals surface area contributed by atoms with E-state index in [1.807, 2.05) is 0 Å². The fourth-order valence-electron chi connectivity index (χ4n) is 4.02. The normalized spacial score (nSPS) is 14.2. The van der Waals surface area contributed by atoms with Crippen LogP contribution in [0.4, 0.5) is 5.82 Å². The van der Waals surface area contributed by atoms with Crippen molar-refractivity contribution in [2.45, 2.75) is 52.4 Å². The molecule has 8 nitrogen and oxygen atoms in total. The monoisotopic (exact) mass is 427 g/mol. The lowest BCUT2D eigenvalue weighted by molar-refractivity contribution is -0.115. The highest BCUT2D eigenvalue weighted by molar-refractivity contribution is 6.02. The molecule has 2 N–H and O–H groups in total. The van der Waals surface area contributed by atoms with Crippen molar-refractivity contribution in [3.05, 3.63) is 40.8 Å². The van der Waals surface area contributed by atoms with Crippen LogP contribution in [0, 0.1) is 12.8 Å². The molecule has 8 heteroatoms. The third kappa shape index (κ3) is 5.51. The molecular weight excluding hydrogens is 398 g/mol. The first-order valence-electron chi connectivity index (χ1n) is 10.6. The molecule has 1 amide bonds. The van der Waals surface area contributed by atoms with Gasteiger partial charge in [-0.25, -0.2) is 9.78 Å². The van der Waals surface area contributed by atoms with Gasteiger partial charge in [0.05, 0.1) is 31.4 Å². The smallest absolute Gasteiger partial charge is 0.339 e. The van der Waals surface area contributed by atoms with Gasteiger partial charge in [0.25, 0.3) is 0 Å². The molecule has 2 aromatic rings. The zero-order chi connectivity index (χ0) is 22.4. The van der Waals surface area contributed by atoms with E-state index in [2.05, 4.69) is 15.3 Å². The van der Waals surface area contributed by atoms with Crippen LogP contribution in [-0.2, 0) is 16.0 Å². The van der Waals surface area contributed by atoms with Crippen LogP contribution in [0.1, 0.15) is 71.1 Å². The highest BCUT2D eigenvalue weighted by Crippen LogP contribution is 2.27. The molecule has 1 aliphatic rings. The summed E-state index contributed by atoms with van der Waals surface area (Å²) in [5.74, 6) is 0.158. The van der Waals surface area contributed by atoms with E-state index in [-0.39, 0.29) is 29.4 Å². The van der Waals surface area contributed by atoms with Crippen molar-refractivity contribution < 1.29 is 23.9 Å². The Balaban J connectivity index is 1.72. The topological polar surface area (TPSA) is 110 Å². The van der Waals surface area contributed by atoms with Crippen LogP contribution in [0.2, 0.25) is 0 Å². The minimum Gasteiger partial charge on any atom is -0.489 e. The van der Waals surface area contributed by atoms with Gasteiger partial charge in [-0.15, -0.1) is 0 Å². The van der Waals surface area contributed by atoms with Crippen LogP contribution in [0.5, 0.6) is 5.75 Å². The Kier molecular flexibility index (Phi) is 7.44. The number of Topliss-reactive ketones (excluding diaryl/α,β-unsaturated/α-hetero) is 1. The number of pyridine rings is 1. The number of carbonyl (C=O) groups is 3. The molecule has 0 unspecified atom stereocenters. The lowest BCUT2D eigenvalue weighted by Gasteiger charge is -2.22. The van der Waals surface area contributed by atoms with Crippen molar-refractivity contribution in [1.29, 1.82) is 0 Å². The number of ether oxygens (including phenoxy) is 2. The predicted octanol–water partition coefficient (Wildman–Crippen LogP) is 3.85. The lowest BCUT2D eigenvalue weighted by atomic mass is 9.90. The second-order valence-electron chi connectivity index (χ2n) is 7.92. The molecule has 0 radical (unpaired) electrons. The zero-order valence-electron chi connectivity index (χ0n) is 18.2. The number of methoxy groups -OCH3 is 1. The van der Waals surface area contributed by atoms with Gasteiger partial charge in [-0.1, -0.05) is 19.3 Å². The maximum atomic E-state index is 12.7. The van der Waals surface area contributed by atoms with Crippen LogP contribution in [0.3, 0.4) is 0 Å². The van der Waals surface area contributed by atoms with Gasteiger partial charge in [0.15, 0.2) is 17.4 Å². The van der Waals surface area contributed by atoms with Gasteiger partial charge in [-0.2, -0.15) is 0 Å². The molecule has 2 heterocycles. The molecule has 1 fully saturated rings. The number of anilines is 1. The molecule has 1 saturated carbocycles. The number of aromatic nitrogens is 2. The average Bonchev–Trinajstić information content (AvgIpc) is 3.09. The number of aromatic amines is 1. The van der Waals surface area contributed by atoms with Crippen LogP contribution in [0.15, 0.2) is 18.3 Å². The maximum Gasteiger partial charge on any atom is 0.339 e. The Labute approximate surface area is 181 Å². The minimum absolute atomic E-state index is 0.142. The van der Waals surface area contributed by atoms with Crippen molar-refractivity contribution in [2.24, 2.45) is 5.92 Å². The number of hydrogen-bond donors (Lipinski definition) is 2. The van der Waals surface area contributed by atoms with Gasteiger partial charge >= 0.3 is 5.97 Å². The van der Waals surface area contributed by atoms with Crippen LogP contribution < -0.4 is 10.1 Å². The molecule has 0 spiro atoms. The molecule has 3 rings (SSSR count). The summed E-state index contributed by atoms with van der Waals surface area (Å²) in [6, 6.07) is 3.53. The Morgan fingerprint density at radius 2 is 1.97 bits per heavy atom. The molecular formula is C23H29N3O5. The number of carbonyl (C=O) groups excluding carboxylic acids is 3. The fraction of sp³-hybridized carbons (Fsp3) is 0.478. The second kappa shape index (κ2) is 10.2. The summed E-state index contributed by atoms with van der Waals surface area (Å²) in [5, 5.41) is 2.76. The van der Waals surface area contributed by atoms with E-state index in [1.54, 1.807) is 25.3 Å². The lowest BCUT2D eigenvalue weighted by Crippen LogP contribution is -2.19. The van der Waals surface area contributed by atoms with Crippen LogP contribution >= 0.6 is 0 Å². The number of amides is 1. The minimum atomic E-state index is -0.599. The molecule has 0 atom stereocenters. The van der Waals surface area contributed by atoms with E-state index in [0.717, 1.165) is 12.8 Å². The van der Waals surface area contributed by atoms with Crippen molar-refractivity contribution in [2.75, 3.05) is 19.0 Å². The highest BCUT2D eigenvalue weighted by Gasteiger charge is 2.25. The van der Waals surface area contributed by atoms with Gasteiger partial charge in [0, 0.05) is 18.8 Å². The molecule has 166 valence electrons. The first kappa shape index (κ1) is 22.5. The number of esters is 1. The third-order valence-corrected chi connectivity index (χ3v) is 5.63. The Morgan fingerprint density at radius 1 is 1.23 bits per heavy atom. The molecule has 0 bridgehead atoms. The second-order valence-corrected chi connectivity index (χ2v) is 7.92. The Hall–Kier alpha value is -3.16. The maximum absolute atomic E-state index is 12.7. The molecule has 2 aromatic heterocycles. The van der Waals surface area contributed by atoms with E-state index >= 15 is 0 Å². The van der Waals surface area contributed by atoms with Gasteiger partial charge in [0.1, 0.15) is 0 Å².